The second-order valence-electron chi connectivity index (χ2n) is 9.62. The summed E-state index contributed by atoms with van der Waals surface area (Å²) in [5.41, 5.74) is 2.97. The van der Waals surface area contributed by atoms with Gasteiger partial charge in [-0.2, -0.15) is 0 Å². The van der Waals surface area contributed by atoms with Crippen LogP contribution < -0.4 is 10.1 Å². The summed E-state index contributed by atoms with van der Waals surface area (Å²) >= 11 is 0. The molecule has 36 heavy (non-hydrogen) atoms. The van der Waals surface area contributed by atoms with Gasteiger partial charge in [-0.1, -0.05) is 35.9 Å². The Bertz CT molecular complexity index is 1020. The van der Waals surface area contributed by atoms with Crippen LogP contribution in [-0.4, -0.2) is 98.7 Å². The van der Waals surface area contributed by atoms with Gasteiger partial charge in [0, 0.05) is 64.5 Å². The van der Waals surface area contributed by atoms with Crippen molar-refractivity contribution in [2.45, 2.75) is 32.0 Å². The van der Waals surface area contributed by atoms with Crippen molar-refractivity contribution in [3.63, 3.8) is 0 Å². The number of aryl methyl sites for hydroxylation is 1. The molecule has 0 aromatic heterocycles. The molecule has 1 N–H and O–H groups in total. The minimum atomic E-state index is -0.491. The largest absolute Gasteiger partial charge is 0.497 e. The van der Waals surface area contributed by atoms with Gasteiger partial charge in [-0.15, -0.1) is 0 Å². The lowest BCUT2D eigenvalue weighted by molar-refractivity contribution is -0.135. The lowest BCUT2D eigenvalue weighted by Crippen LogP contribution is -2.53. The van der Waals surface area contributed by atoms with Crippen LogP contribution >= 0.6 is 0 Å². The lowest BCUT2D eigenvalue weighted by Gasteiger charge is -2.32. The van der Waals surface area contributed by atoms with Gasteiger partial charge in [-0.05, 0) is 37.1 Å². The van der Waals surface area contributed by atoms with Gasteiger partial charge in [-0.3, -0.25) is 14.5 Å². The third-order valence-electron chi connectivity index (χ3n) is 7.18. The molecule has 0 radical (unpaired) electrons. The first-order chi connectivity index (χ1) is 17.5. The molecule has 2 aromatic carbocycles. The van der Waals surface area contributed by atoms with Crippen molar-refractivity contribution in [1.82, 2.24) is 20.0 Å². The molecule has 8 heteroatoms. The molecule has 2 aliphatic rings. The van der Waals surface area contributed by atoms with Gasteiger partial charge in [0.2, 0.25) is 5.91 Å². The molecule has 8 nitrogen and oxygen atoms in total. The van der Waals surface area contributed by atoms with Crippen LogP contribution in [0.3, 0.4) is 0 Å². The second-order valence-corrected chi connectivity index (χ2v) is 9.62. The first-order valence-corrected chi connectivity index (χ1v) is 12.7. The first kappa shape index (κ1) is 26.1. The quantitative estimate of drug-likeness (QED) is 0.576. The van der Waals surface area contributed by atoms with Gasteiger partial charge < -0.3 is 24.6 Å². The summed E-state index contributed by atoms with van der Waals surface area (Å²) in [6, 6.07) is 15.3. The topological polar surface area (TPSA) is 74.4 Å². The molecule has 0 aliphatic carbocycles. The predicted molar refractivity (Wildman–Crippen MR) is 139 cm³/mol. The number of carbonyl (C=O) groups excluding carboxylic acids is 2. The molecule has 0 bridgehead atoms. The van der Waals surface area contributed by atoms with Gasteiger partial charge >= 0.3 is 0 Å². The molecule has 2 heterocycles. The molecule has 2 aromatic rings. The minimum absolute atomic E-state index is 0.0391. The number of hydrogen-bond donors (Lipinski definition) is 1. The molecule has 2 saturated heterocycles. The fraction of sp³-hybridized carbons (Fsp3) is 0.500. The summed E-state index contributed by atoms with van der Waals surface area (Å²) in [5, 5.41) is 3.30. The maximum absolute atomic E-state index is 13.7. The lowest BCUT2D eigenvalue weighted by atomic mass is 10.1. The molecule has 4 rings (SSSR count). The molecule has 194 valence electrons. The zero-order chi connectivity index (χ0) is 25.5. The Hall–Kier alpha value is -2.94. The Morgan fingerprint density at radius 3 is 2.53 bits per heavy atom. The van der Waals surface area contributed by atoms with Crippen LogP contribution in [0.15, 0.2) is 48.5 Å². The maximum atomic E-state index is 13.7. The van der Waals surface area contributed by atoms with Crippen molar-refractivity contribution in [1.29, 1.82) is 0 Å². The van der Waals surface area contributed by atoms with Crippen molar-refractivity contribution >= 4 is 11.8 Å². The van der Waals surface area contributed by atoms with Crippen LogP contribution in [0.25, 0.3) is 0 Å². The molecule has 0 saturated carbocycles. The Morgan fingerprint density at radius 1 is 1.08 bits per heavy atom. The standard InChI is InChI=1S/C28H38N4O4/c1-21-7-9-22(10-8-21)19-31(15-16-35-2)24-18-26(28(34)30-13-11-29-12-14-30)32(20-24)27(33)23-5-4-6-25(17-23)36-3/h4-10,17,24,26,29H,11-16,18-20H2,1-3H3. The second kappa shape index (κ2) is 12.3. The van der Waals surface area contributed by atoms with E-state index in [1.54, 1.807) is 31.3 Å². The van der Waals surface area contributed by atoms with Crippen LogP contribution in [0.5, 0.6) is 5.75 Å². The molecule has 2 fully saturated rings. The molecule has 2 atom stereocenters. The molecule has 2 aliphatic heterocycles. The highest BCUT2D eigenvalue weighted by atomic mass is 16.5. The average molecular weight is 495 g/mol. The summed E-state index contributed by atoms with van der Waals surface area (Å²) in [4.78, 5) is 33.4. The number of rotatable bonds is 9. The summed E-state index contributed by atoms with van der Waals surface area (Å²) in [7, 11) is 3.29. The Kier molecular flexibility index (Phi) is 8.96. The van der Waals surface area contributed by atoms with Gasteiger partial charge in [0.25, 0.3) is 5.91 Å². The van der Waals surface area contributed by atoms with Gasteiger partial charge in [0.15, 0.2) is 0 Å². The summed E-state index contributed by atoms with van der Waals surface area (Å²) in [6.07, 6.45) is 0.605. The van der Waals surface area contributed by atoms with Crippen molar-refractivity contribution < 1.29 is 19.1 Å². The highest BCUT2D eigenvalue weighted by Gasteiger charge is 2.43. The van der Waals surface area contributed by atoms with E-state index in [2.05, 4.69) is 41.4 Å². The van der Waals surface area contributed by atoms with E-state index in [9.17, 15) is 9.59 Å². The van der Waals surface area contributed by atoms with E-state index in [0.29, 0.717) is 44.0 Å². The third-order valence-corrected chi connectivity index (χ3v) is 7.18. The van der Waals surface area contributed by atoms with Crippen LogP contribution in [-0.2, 0) is 16.1 Å². The number of likely N-dealkylation sites (tertiary alicyclic amines) is 1. The highest BCUT2D eigenvalue weighted by molar-refractivity contribution is 5.98. The van der Waals surface area contributed by atoms with Crippen LogP contribution in [0.2, 0.25) is 0 Å². The van der Waals surface area contributed by atoms with E-state index in [1.807, 2.05) is 17.0 Å². The number of benzene rings is 2. The summed E-state index contributed by atoms with van der Waals surface area (Å²) < 4.78 is 10.7. The van der Waals surface area contributed by atoms with Crippen LogP contribution in [0, 0.1) is 6.92 Å². The number of piperazine rings is 1. The van der Waals surface area contributed by atoms with E-state index in [1.165, 1.54) is 11.1 Å². The molecule has 0 spiro atoms. The molecular formula is C28H38N4O4. The van der Waals surface area contributed by atoms with Crippen LogP contribution in [0.4, 0.5) is 0 Å². The monoisotopic (exact) mass is 494 g/mol. The smallest absolute Gasteiger partial charge is 0.254 e. The number of amides is 2. The fourth-order valence-corrected chi connectivity index (χ4v) is 5.08. The number of ether oxygens (including phenoxy) is 2. The van der Waals surface area contributed by atoms with E-state index >= 15 is 0 Å². The predicted octanol–water partition coefficient (Wildman–Crippen LogP) is 2.17. The van der Waals surface area contributed by atoms with E-state index in [4.69, 9.17) is 9.47 Å². The number of nitrogens with one attached hydrogen (secondary N) is 1. The Balaban J connectivity index is 1.60. The number of carbonyl (C=O) groups is 2. The normalized spacial score (nSPS) is 20.1. The summed E-state index contributed by atoms with van der Waals surface area (Å²) in [6.45, 7) is 7.51. The Labute approximate surface area is 214 Å². The van der Waals surface area contributed by atoms with Crippen molar-refractivity contribution in [2.24, 2.45) is 0 Å². The minimum Gasteiger partial charge on any atom is -0.497 e. The van der Waals surface area contributed by atoms with Gasteiger partial charge in [0.05, 0.1) is 13.7 Å². The third kappa shape index (κ3) is 6.24. The maximum Gasteiger partial charge on any atom is 0.254 e. The zero-order valence-corrected chi connectivity index (χ0v) is 21.6. The average Bonchev–Trinajstić information content (AvgIpc) is 3.37. The number of nitrogens with zero attached hydrogens (tertiary/aromatic N) is 3. The van der Waals surface area contributed by atoms with E-state index in [0.717, 1.165) is 26.2 Å². The van der Waals surface area contributed by atoms with E-state index in [-0.39, 0.29) is 17.9 Å². The van der Waals surface area contributed by atoms with Gasteiger partial charge in [0.1, 0.15) is 11.8 Å². The van der Waals surface area contributed by atoms with Crippen LogP contribution in [0.1, 0.15) is 27.9 Å². The molecule has 2 unspecified atom stereocenters. The SMILES string of the molecule is COCCN(Cc1ccc(C)cc1)C1CC(C(=O)N2CCNCC2)N(C(=O)c2cccc(OC)c2)C1. The highest BCUT2D eigenvalue weighted by Crippen LogP contribution is 2.28. The Morgan fingerprint density at radius 2 is 1.83 bits per heavy atom. The summed E-state index contributed by atoms with van der Waals surface area (Å²) in [5.74, 6) is 0.534. The zero-order valence-electron chi connectivity index (χ0n) is 21.6. The van der Waals surface area contributed by atoms with Gasteiger partial charge in [-0.25, -0.2) is 0 Å². The number of hydrogen-bond acceptors (Lipinski definition) is 6. The van der Waals surface area contributed by atoms with Crippen molar-refractivity contribution in [3.8, 4) is 5.75 Å². The van der Waals surface area contributed by atoms with Crippen molar-refractivity contribution in [3.05, 3.63) is 65.2 Å². The first-order valence-electron chi connectivity index (χ1n) is 12.7. The molecular weight excluding hydrogens is 456 g/mol. The molecule has 2 amide bonds. The number of methoxy groups -OCH3 is 2. The fourth-order valence-electron chi connectivity index (χ4n) is 5.08. The van der Waals surface area contributed by atoms with Crippen molar-refractivity contribution in [2.75, 3.05) is 60.1 Å². The van der Waals surface area contributed by atoms with E-state index < -0.39 is 6.04 Å².